The van der Waals surface area contributed by atoms with Crippen molar-refractivity contribution in [3.63, 3.8) is 0 Å². The average Bonchev–Trinajstić information content (AvgIpc) is 2.27. The molecule has 100 valence electrons. The summed E-state index contributed by atoms with van der Waals surface area (Å²) < 4.78 is 37.8. The molecular weight excluding hydrogens is 287 g/mol. The number of carbonyl (C=O) groups is 1. The van der Waals surface area contributed by atoms with Gasteiger partial charge in [0.2, 0.25) is 5.43 Å². The summed E-state index contributed by atoms with van der Waals surface area (Å²) in [6, 6.07) is 1.48. The van der Waals surface area contributed by atoms with E-state index in [1.54, 1.807) is 0 Å². The maximum Gasteiger partial charge on any atom is 0.417 e. The molecule has 0 atom stereocenters. The Kier molecular flexibility index (Phi) is 3.01. The zero-order chi connectivity index (χ0) is 14.4. The van der Waals surface area contributed by atoms with Crippen LogP contribution in [0, 0.1) is 0 Å². The van der Waals surface area contributed by atoms with Gasteiger partial charge in [-0.3, -0.25) is 4.79 Å². The number of carboxylic acids is 1. The number of hydrogen-bond acceptors (Lipinski definition) is 2. The van der Waals surface area contributed by atoms with Gasteiger partial charge in [-0.05, 0) is 12.1 Å². The number of pyridine rings is 1. The highest BCUT2D eigenvalue weighted by Gasteiger charge is 2.33. The minimum absolute atomic E-state index is 0.133. The minimum atomic E-state index is -4.66. The van der Waals surface area contributed by atoms with E-state index in [0.717, 1.165) is 12.3 Å². The molecule has 2 rings (SSSR count). The smallest absolute Gasteiger partial charge is 0.417 e. The lowest BCUT2D eigenvalue weighted by molar-refractivity contribution is -0.137. The summed E-state index contributed by atoms with van der Waals surface area (Å²) >= 11 is 5.47. The van der Waals surface area contributed by atoms with Crippen molar-refractivity contribution in [2.24, 2.45) is 0 Å². The van der Waals surface area contributed by atoms with E-state index in [0.29, 0.717) is 6.07 Å². The van der Waals surface area contributed by atoms with Crippen LogP contribution in [0.15, 0.2) is 23.1 Å². The van der Waals surface area contributed by atoms with Gasteiger partial charge in [-0.25, -0.2) is 4.79 Å². The second kappa shape index (κ2) is 4.27. The monoisotopic (exact) mass is 291 g/mol. The highest BCUT2D eigenvalue weighted by Crippen LogP contribution is 2.36. The van der Waals surface area contributed by atoms with Crippen molar-refractivity contribution in [3.05, 3.63) is 44.7 Å². The molecule has 8 heteroatoms. The van der Waals surface area contributed by atoms with Gasteiger partial charge >= 0.3 is 12.1 Å². The molecule has 1 aromatic heterocycles. The van der Waals surface area contributed by atoms with Gasteiger partial charge in [-0.15, -0.1) is 0 Å². The first-order chi connectivity index (χ1) is 8.71. The molecule has 2 N–H and O–H groups in total. The maximum absolute atomic E-state index is 12.6. The third-order valence-electron chi connectivity index (χ3n) is 2.50. The van der Waals surface area contributed by atoms with E-state index >= 15 is 0 Å². The molecule has 0 amide bonds. The molecule has 0 fully saturated rings. The molecular formula is C11H5ClF3NO3. The summed E-state index contributed by atoms with van der Waals surface area (Å²) in [5.74, 6) is -1.47. The normalized spacial score (nSPS) is 11.8. The Morgan fingerprint density at radius 3 is 2.47 bits per heavy atom. The molecule has 4 nitrogen and oxygen atoms in total. The lowest BCUT2D eigenvalue weighted by atomic mass is 10.1. The van der Waals surface area contributed by atoms with Crippen LogP contribution in [0.4, 0.5) is 13.2 Å². The van der Waals surface area contributed by atoms with E-state index in [-0.39, 0.29) is 10.9 Å². The first-order valence-corrected chi connectivity index (χ1v) is 5.25. The van der Waals surface area contributed by atoms with Gasteiger partial charge in [0.05, 0.1) is 16.1 Å². The van der Waals surface area contributed by atoms with Gasteiger partial charge in [0, 0.05) is 11.6 Å². The Hall–Kier alpha value is -2.02. The lowest BCUT2D eigenvalue weighted by Crippen LogP contribution is -2.16. The van der Waals surface area contributed by atoms with Crippen LogP contribution in [0.5, 0.6) is 0 Å². The largest absolute Gasteiger partial charge is 0.477 e. The van der Waals surface area contributed by atoms with Crippen LogP contribution in [-0.4, -0.2) is 16.1 Å². The van der Waals surface area contributed by atoms with Crippen molar-refractivity contribution < 1.29 is 23.1 Å². The van der Waals surface area contributed by atoms with E-state index in [1.165, 1.54) is 0 Å². The predicted octanol–water partition coefficient (Wildman–Crippen LogP) is 2.90. The van der Waals surface area contributed by atoms with Crippen LogP contribution in [0.25, 0.3) is 10.9 Å². The highest BCUT2D eigenvalue weighted by molar-refractivity contribution is 6.32. The van der Waals surface area contributed by atoms with E-state index in [1.807, 2.05) is 0 Å². The van der Waals surface area contributed by atoms with Gasteiger partial charge in [0.15, 0.2) is 0 Å². The molecule has 0 aliphatic heterocycles. The molecule has 1 aromatic carbocycles. The van der Waals surface area contributed by atoms with Crippen molar-refractivity contribution in [2.45, 2.75) is 6.18 Å². The Bertz CT molecular complexity index is 736. The third-order valence-corrected chi connectivity index (χ3v) is 2.82. The van der Waals surface area contributed by atoms with Crippen LogP contribution < -0.4 is 5.43 Å². The minimum Gasteiger partial charge on any atom is -0.477 e. The molecule has 0 radical (unpaired) electrons. The quantitative estimate of drug-likeness (QED) is 0.848. The predicted molar refractivity (Wildman–Crippen MR) is 61.5 cm³/mol. The van der Waals surface area contributed by atoms with E-state index in [2.05, 4.69) is 4.98 Å². The number of H-pyrrole nitrogens is 1. The number of alkyl halides is 3. The van der Waals surface area contributed by atoms with Crippen molar-refractivity contribution in [2.75, 3.05) is 0 Å². The fraction of sp³-hybridized carbons (Fsp3) is 0.0909. The van der Waals surface area contributed by atoms with Gasteiger partial charge in [0.25, 0.3) is 0 Å². The van der Waals surface area contributed by atoms with E-state index in [9.17, 15) is 22.8 Å². The zero-order valence-electron chi connectivity index (χ0n) is 9.01. The molecule has 1 heterocycles. The summed E-state index contributed by atoms with van der Waals surface area (Å²) in [5.41, 5.74) is -2.69. The first-order valence-electron chi connectivity index (χ1n) is 4.87. The van der Waals surface area contributed by atoms with Gasteiger partial charge in [-0.2, -0.15) is 13.2 Å². The highest BCUT2D eigenvalue weighted by atomic mass is 35.5. The number of rotatable bonds is 1. The van der Waals surface area contributed by atoms with Crippen LogP contribution in [-0.2, 0) is 6.18 Å². The molecule has 19 heavy (non-hydrogen) atoms. The van der Waals surface area contributed by atoms with Crippen LogP contribution in [0.1, 0.15) is 15.9 Å². The van der Waals surface area contributed by atoms with Gasteiger partial charge in [0.1, 0.15) is 5.56 Å². The number of aromatic nitrogens is 1. The second-order valence-electron chi connectivity index (χ2n) is 3.71. The van der Waals surface area contributed by atoms with E-state index < -0.39 is 33.7 Å². The number of halogens is 4. The first kappa shape index (κ1) is 13.4. The fourth-order valence-electron chi connectivity index (χ4n) is 1.62. The zero-order valence-corrected chi connectivity index (χ0v) is 9.76. The summed E-state index contributed by atoms with van der Waals surface area (Å²) in [5, 5.41) is 7.88. The number of aromatic amines is 1. The standard InChI is InChI=1S/C11H5ClF3NO3/c12-7-1-4-8(2-6(7)11(13,14)15)16-3-5(9(4)17)10(18)19/h1-3H,(H,16,17)(H,18,19). The number of aromatic carboxylic acids is 1. The molecule has 0 spiro atoms. The Labute approximate surface area is 108 Å². The number of hydrogen-bond donors (Lipinski definition) is 2. The summed E-state index contributed by atoms with van der Waals surface area (Å²) in [7, 11) is 0. The molecule has 0 aliphatic rings. The molecule has 0 bridgehead atoms. The number of carboxylic acid groups (broad SMARTS) is 1. The lowest BCUT2D eigenvalue weighted by Gasteiger charge is -2.10. The maximum atomic E-state index is 12.6. The third kappa shape index (κ3) is 2.28. The Morgan fingerprint density at radius 1 is 1.32 bits per heavy atom. The summed E-state index contributed by atoms with van der Waals surface area (Å²) in [6.07, 6.45) is -3.81. The van der Waals surface area contributed by atoms with Crippen molar-refractivity contribution in [3.8, 4) is 0 Å². The van der Waals surface area contributed by atoms with Crippen molar-refractivity contribution >= 4 is 28.5 Å². The topological polar surface area (TPSA) is 70.2 Å². The SMILES string of the molecule is O=C(O)c1c[nH]c2cc(C(F)(F)F)c(Cl)cc2c1=O. The Balaban J connectivity index is 2.83. The summed E-state index contributed by atoms with van der Waals surface area (Å²) in [4.78, 5) is 24.8. The van der Waals surface area contributed by atoms with Crippen molar-refractivity contribution in [1.29, 1.82) is 0 Å². The fourth-order valence-corrected chi connectivity index (χ4v) is 1.89. The molecule has 0 aliphatic carbocycles. The second-order valence-corrected chi connectivity index (χ2v) is 4.12. The van der Waals surface area contributed by atoms with Crippen LogP contribution in [0.3, 0.4) is 0 Å². The molecule has 0 unspecified atom stereocenters. The molecule has 0 saturated carbocycles. The number of benzene rings is 1. The number of nitrogens with one attached hydrogen (secondary N) is 1. The van der Waals surface area contributed by atoms with Gasteiger partial charge in [-0.1, -0.05) is 11.6 Å². The summed E-state index contributed by atoms with van der Waals surface area (Å²) in [6.45, 7) is 0. The molecule has 0 saturated heterocycles. The Morgan fingerprint density at radius 2 is 1.95 bits per heavy atom. The van der Waals surface area contributed by atoms with Gasteiger partial charge < -0.3 is 10.1 Å². The van der Waals surface area contributed by atoms with Crippen molar-refractivity contribution in [1.82, 2.24) is 4.98 Å². The van der Waals surface area contributed by atoms with Crippen LogP contribution in [0.2, 0.25) is 5.02 Å². The average molecular weight is 292 g/mol. The number of fused-ring (bicyclic) bond motifs is 1. The van der Waals surface area contributed by atoms with E-state index in [4.69, 9.17) is 16.7 Å². The molecule has 2 aromatic rings. The van der Waals surface area contributed by atoms with Crippen LogP contribution >= 0.6 is 11.6 Å².